The monoisotopic (exact) mass is 389 g/mol. The van der Waals surface area contributed by atoms with E-state index in [4.69, 9.17) is 16.3 Å². The molecular formula is C20H24ClN3O3. The van der Waals surface area contributed by atoms with Crippen LogP contribution >= 0.6 is 11.6 Å². The Labute approximate surface area is 164 Å². The van der Waals surface area contributed by atoms with Crippen LogP contribution in [0.2, 0.25) is 5.02 Å². The van der Waals surface area contributed by atoms with Crippen LogP contribution in [0, 0.1) is 6.92 Å². The minimum Gasteiger partial charge on any atom is -0.492 e. The minimum absolute atomic E-state index is 0.116. The summed E-state index contributed by atoms with van der Waals surface area (Å²) in [6, 6.07) is 12.0. The quantitative estimate of drug-likeness (QED) is 0.815. The van der Waals surface area contributed by atoms with Crippen molar-refractivity contribution < 1.29 is 14.3 Å². The third-order valence-electron chi connectivity index (χ3n) is 3.99. The van der Waals surface area contributed by atoms with Crippen molar-refractivity contribution in [2.24, 2.45) is 0 Å². The molecule has 0 aliphatic rings. The second-order valence-electron chi connectivity index (χ2n) is 6.38. The van der Waals surface area contributed by atoms with Crippen LogP contribution in [0.5, 0.6) is 5.75 Å². The van der Waals surface area contributed by atoms with Gasteiger partial charge >= 0.3 is 6.03 Å². The summed E-state index contributed by atoms with van der Waals surface area (Å²) >= 11 is 5.83. The van der Waals surface area contributed by atoms with Crippen molar-refractivity contribution in [2.75, 3.05) is 39.6 Å². The maximum Gasteiger partial charge on any atom is 0.321 e. The largest absolute Gasteiger partial charge is 0.492 e. The molecule has 6 nitrogen and oxygen atoms in total. The predicted molar refractivity (Wildman–Crippen MR) is 108 cm³/mol. The maximum atomic E-state index is 12.4. The lowest BCUT2D eigenvalue weighted by molar-refractivity contribution is 0.0827. The summed E-state index contributed by atoms with van der Waals surface area (Å²) in [5.74, 6) is 0.578. The van der Waals surface area contributed by atoms with E-state index in [0.717, 1.165) is 5.56 Å². The number of halogens is 1. The van der Waals surface area contributed by atoms with E-state index in [-0.39, 0.29) is 11.9 Å². The van der Waals surface area contributed by atoms with Gasteiger partial charge in [-0.2, -0.15) is 0 Å². The molecular weight excluding hydrogens is 366 g/mol. The number of amides is 3. The lowest BCUT2D eigenvalue weighted by Gasteiger charge is -2.20. The standard InChI is InChI=1S/C20H24ClN3O3/c1-14-5-6-15(19(25)23(2)3)13-18(14)22-20(26)24(4)11-12-27-17-9-7-16(21)8-10-17/h5-10,13H,11-12H2,1-4H3,(H,22,26). The molecule has 7 heteroatoms. The fourth-order valence-electron chi connectivity index (χ4n) is 2.29. The van der Waals surface area contributed by atoms with Gasteiger partial charge in [-0.15, -0.1) is 0 Å². The van der Waals surface area contributed by atoms with Crippen molar-refractivity contribution in [1.82, 2.24) is 9.80 Å². The predicted octanol–water partition coefficient (Wildman–Crippen LogP) is 3.89. The van der Waals surface area contributed by atoms with Crippen molar-refractivity contribution in [3.8, 4) is 5.75 Å². The van der Waals surface area contributed by atoms with Crippen LogP contribution in [0.3, 0.4) is 0 Å². The SMILES string of the molecule is Cc1ccc(C(=O)N(C)C)cc1NC(=O)N(C)CCOc1ccc(Cl)cc1. The number of hydrogen-bond acceptors (Lipinski definition) is 3. The van der Waals surface area contributed by atoms with E-state index in [9.17, 15) is 9.59 Å². The molecule has 1 N–H and O–H groups in total. The summed E-state index contributed by atoms with van der Waals surface area (Å²) in [5, 5.41) is 3.49. The van der Waals surface area contributed by atoms with Gasteiger partial charge in [0.25, 0.3) is 5.91 Å². The summed E-state index contributed by atoms with van der Waals surface area (Å²) < 4.78 is 5.60. The Bertz CT molecular complexity index is 807. The molecule has 2 rings (SSSR count). The lowest BCUT2D eigenvalue weighted by Crippen LogP contribution is -2.34. The zero-order chi connectivity index (χ0) is 20.0. The minimum atomic E-state index is -0.271. The molecule has 0 radical (unpaired) electrons. The number of carbonyl (C=O) groups excluding carboxylic acids is 2. The molecule has 0 aliphatic heterocycles. The molecule has 0 heterocycles. The Morgan fingerprint density at radius 2 is 1.74 bits per heavy atom. The molecule has 2 aromatic rings. The topological polar surface area (TPSA) is 61.9 Å². The molecule has 0 spiro atoms. The van der Waals surface area contributed by atoms with E-state index in [1.54, 1.807) is 57.5 Å². The number of nitrogens with zero attached hydrogens (tertiary/aromatic N) is 2. The third kappa shape index (κ3) is 5.89. The lowest BCUT2D eigenvalue weighted by atomic mass is 10.1. The first-order chi connectivity index (χ1) is 12.8. The molecule has 0 saturated carbocycles. The molecule has 0 aliphatic carbocycles. The highest BCUT2D eigenvalue weighted by atomic mass is 35.5. The van der Waals surface area contributed by atoms with Gasteiger partial charge in [-0.1, -0.05) is 17.7 Å². The van der Waals surface area contributed by atoms with Crippen molar-refractivity contribution >= 4 is 29.2 Å². The molecule has 144 valence electrons. The normalized spacial score (nSPS) is 10.3. The zero-order valence-corrected chi connectivity index (χ0v) is 16.7. The van der Waals surface area contributed by atoms with Crippen molar-refractivity contribution in [2.45, 2.75) is 6.92 Å². The number of nitrogens with one attached hydrogen (secondary N) is 1. The first-order valence-electron chi connectivity index (χ1n) is 8.50. The number of benzene rings is 2. The van der Waals surface area contributed by atoms with E-state index in [0.29, 0.717) is 35.2 Å². The maximum absolute atomic E-state index is 12.4. The summed E-state index contributed by atoms with van der Waals surface area (Å²) in [7, 11) is 5.06. The number of carbonyl (C=O) groups is 2. The third-order valence-corrected chi connectivity index (χ3v) is 4.24. The summed E-state index contributed by atoms with van der Waals surface area (Å²) in [4.78, 5) is 27.5. The van der Waals surface area contributed by atoms with Crippen molar-refractivity contribution in [3.05, 3.63) is 58.6 Å². The summed E-state index contributed by atoms with van der Waals surface area (Å²) in [5.41, 5.74) is 2.01. The van der Waals surface area contributed by atoms with E-state index < -0.39 is 0 Å². The average Bonchev–Trinajstić information content (AvgIpc) is 2.64. The van der Waals surface area contributed by atoms with Gasteiger partial charge in [0.2, 0.25) is 0 Å². The van der Waals surface area contributed by atoms with Crippen molar-refractivity contribution in [3.63, 3.8) is 0 Å². The molecule has 0 saturated heterocycles. The van der Waals surface area contributed by atoms with Crippen LogP contribution in [0.4, 0.5) is 10.5 Å². The Morgan fingerprint density at radius 1 is 1.07 bits per heavy atom. The fourth-order valence-corrected chi connectivity index (χ4v) is 2.42. The molecule has 0 atom stereocenters. The second-order valence-corrected chi connectivity index (χ2v) is 6.82. The summed E-state index contributed by atoms with van der Waals surface area (Å²) in [6.07, 6.45) is 0. The highest BCUT2D eigenvalue weighted by molar-refractivity contribution is 6.30. The van der Waals surface area contributed by atoms with Gasteiger partial charge in [-0.05, 0) is 48.9 Å². The van der Waals surface area contributed by atoms with E-state index in [1.165, 1.54) is 9.80 Å². The number of ether oxygens (including phenoxy) is 1. The van der Waals surface area contributed by atoms with E-state index in [1.807, 2.05) is 13.0 Å². The first-order valence-corrected chi connectivity index (χ1v) is 8.88. The number of likely N-dealkylation sites (N-methyl/N-ethyl adjacent to an activating group) is 1. The second kappa shape index (κ2) is 9.28. The molecule has 27 heavy (non-hydrogen) atoms. The molecule has 0 bridgehead atoms. The van der Waals surface area contributed by atoms with Gasteiger partial charge in [0.15, 0.2) is 0 Å². The summed E-state index contributed by atoms with van der Waals surface area (Å²) in [6.45, 7) is 2.64. The zero-order valence-electron chi connectivity index (χ0n) is 16.0. The van der Waals surface area contributed by atoms with Gasteiger partial charge in [0, 0.05) is 37.4 Å². The number of anilines is 1. The Balaban J connectivity index is 1.92. The van der Waals surface area contributed by atoms with E-state index >= 15 is 0 Å². The molecule has 2 aromatic carbocycles. The van der Waals surface area contributed by atoms with Crippen LogP contribution in [0.25, 0.3) is 0 Å². The van der Waals surface area contributed by atoms with Gasteiger partial charge in [-0.25, -0.2) is 4.79 Å². The van der Waals surface area contributed by atoms with E-state index in [2.05, 4.69) is 5.32 Å². The number of rotatable bonds is 6. The molecule has 0 fully saturated rings. The fraction of sp³-hybridized carbons (Fsp3) is 0.300. The highest BCUT2D eigenvalue weighted by Gasteiger charge is 2.14. The van der Waals surface area contributed by atoms with Crippen LogP contribution in [-0.2, 0) is 0 Å². The Kier molecular flexibility index (Phi) is 7.07. The van der Waals surface area contributed by atoms with Crippen LogP contribution in [0.15, 0.2) is 42.5 Å². The number of urea groups is 1. The van der Waals surface area contributed by atoms with Gasteiger partial charge in [0.05, 0.1) is 6.54 Å². The van der Waals surface area contributed by atoms with Crippen LogP contribution < -0.4 is 10.1 Å². The molecule has 0 aromatic heterocycles. The van der Waals surface area contributed by atoms with Gasteiger partial charge in [0.1, 0.15) is 12.4 Å². The smallest absolute Gasteiger partial charge is 0.321 e. The molecule has 3 amide bonds. The van der Waals surface area contributed by atoms with Gasteiger partial charge < -0.3 is 19.9 Å². The van der Waals surface area contributed by atoms with Crippen LogP contribution in [0.1, 0.15) is 15.9 Å². The Morgan fingerprint density at radius 3 is 2.37 bits per heavy atom. The van der Waals surface area contributed by atoms with Crippen molar-refractivity contribution in [1.29, 1.82) is 0 Å². The number of aryl methyl sites for hydroxylation is 1. The first kappa shape index (κ1) is 20.6. The van der Waals surface area contributed by atoms with Crippen LogP contribution in [-0.4, -0.2) is 56.0 Å². The highest BCUT2D eigenvalue weighted by Crippen LogP contribution is 2.18. The average molecular weight is 390 g/mol. The molecule has 0 unspecified atom stereocenters. The number of hydrogen-bond donors (Lipinski definition) is 1. The van der Waals surface area contributed by atoms with Gasteiger partial charge in [-0.3, -0.25) is 4.79 Å². The Hall–Kier alpha value is -2.73.